The lowest BCUT2D eigenvalue weighted by molar-refractivity contribution is 0.112. The lowest BCUT2D eigenvalue weighted by Gasteiger charge is -2.14. The number of aromatic nitrogens is 1. The molecule has 0 amide bonds. The van der Waals surface area contributed by atoms with Crippen molar-refractivity contribution in [1.29, 1.82) is 0 Å². The molecule has 0 aliphatic carbocycles. The fraction of sp³-hybridized carbons (Fsp3) is 0.0909. The summed E-state index contributed by atoms with van der Waals surface area (Å²) in [5.74, 6) is 0.262. The molecule has 6 heteroatoms. The number of carbonyl (C=O) groups excluding carboxylic acids is 1. The molecule has 0 spiro atoms. The van der Waals surface area contributed by atoms with Gasteiger partial charge in [-0.1, -0.05) is 12.1 Å². The number of halogens is 1. The van der Waals surface area contributed by atoms with Crippen LogP contribution in [0.1, 0.15) is 27.0 Å². The normalized spacial score (nSPS) is 11.1. The number of aldehydes is 1. The van der Waals surface area contributed by atoms with E-state index in [0.717, 1.165) is 11.8 Å². The SMILES string of the molecule is C=Nc1cc(C=O)ccc1C(=NCc1cccnc1)Nc1ccc(F)c(C)c1. The number of pyridine rings is 1. The summed E-state index contributed by atoms with van der Waals surface area (Å²) >= 11 is 0. The summed E-state index contributed by atoms with van der Waals surface area (Å²) in [7, 11) is 0. The van der Waals surface area contributed by atoms with Crippen molar-refractivity contribution >= 4 is 30.2 Å². The number of aliphatic imine (C=N–C) groups is 2. The first-order chi connectivity index (χ1) is 13.6. The number of rotatable bonds is 6. The Bertz CT molecular complexity index is 1030. The van der Waals surface area contributed by atoms with Crippen LogP contribution in [-0.2, 0) is 6.54 Å². The summed E-state index contributed by atoms with van der Waals surface area (Å²) in [6.07, 6.45) is 4.19. The molecule has 5 nitrogen and oxygen atoms in total. The maximum atomic E-state index is 13.6. The van der Waals surface area contributed by atoms with E-state index in [0.29, 0.717) is 40.4 Å². The quantitative estimate of drug-likeness (QED) is 0.385. The van der Waals surface area contributed by atoms with E-state index in [1.165, 1.54) is 6.07 Å². The number of nitrogens with zero attached hydrogens (tertiary/aromatic N) is 3. The van der Waals surface area contributed by atoms with Crippen LogP contribution in [0.3, 0.4) is 0 Å². The highest BCUT2D eigenvalue weighted by molar-refractivity contribution is 6.11. The predicted octanol–water partition coefficient (Wildman–Crippen LogP) is 4.73. The van der Waals surface area contributed by atoms with Gasteiger partial charge in [0.25, 0.3) is 0 Å². The van der Waals surface area contributed by atoms with Gasteiger partial charge in [-0.05, 0) is 61.2 Å². The Hall–Kier alpha value is -3.67. The van der Waals surface area contributed by atoms with Crippen molar-refractivity contribution in [3.8, 4) is 0 Å². The van der Waals surface area contributed by atoms with Crippen molar-refractivity contribution in [2.45, 2.75) is 13.5 Å². The molecule has 3 rings (SSSR count). The minimum Gasteiger partial charge on any atom is -0.340 e. The Labute approximate surface area is 162 Å². The molecule has 0 saturated heterocycles. The lowest BCUT2D eigenvalue weighted by atomic mass is 10.1. The topological polar surface area (TPSA) is 66.7 Å². The second-order valence-electron chi connectivity index (χ2n) is 6.17. The molecule has 0 saturated carbocycles. The van der Waals surface area contributed by atoms with E-state index >= 15 is 0 Å². The summed E-state index contributed by atoms with van der Waals surface area (Å²) in [5, 5.41) is 3.23. The van der Waals surface area contributed by atoms with Gasteiger partial charge in [-0.15, -0.1) is 0 Å². The number of benzene rings is 2. The third-order valence-electron chi connectivity index (χ3n) is 4.15. The highest BCUT2D eigenvalue weighted by Crippen LogP contribution is 2.23. The second kappa shape index (κ2) is 8.81. The number of hydrogen-bond acceptors (Lipinski definition) is 4. The average molecular weight is 374 g/mol. The van der Waals surface area contributed by atoms with Gasteiger partial charge in [0.2, 0.25) is 0 Å². The molecule has 0 atom stereocenters. The molecule has 1 aromatic heterocycles. The van der Waals surface area contributed by atoms with Crippen LogP contribution < -0.4 is 5.32 Å². The molecule has 1 heterocycles. The summed E-state index contributed by atoms with van der Waals surface area (Å²) in [6.45, 7) is 5.68. The van der Waals surface area contributed by atoms with Crippen molar-refractivity contribution < 1.29 is 9.18 Å². The fourth-order valence-electron chi connectivity index (χ4n) is 2.67. The van der Waals surface area contributed by atoms with Crippen LogP contribution in [0, 0.1) is 12.7 Å². The summed E-state index contributed by atoms with van der Waals surface area (Å²) in [5.41, 5.74) is 3.87. The first-order valence-electron chi connectivity index (χ1n) is 8.63. The van der Waals surface area contributed by atoms with Gasteiger partial charge in [-0.2, -0.15) is 0 Å². The third kappa shape index (κ3) is 4.54. The van der Waals surface area contributed by atoms with E-state index in [2.05, 4.69) is 27.0 Å². The second-order valence-corrected chi connectivity index (χ2v) is 6.17. The van der Waals surface area contributed by atoms with Gasteiger partial charge in [0.1, 0.15) is 17.9 Å². The summed E-state index contributed by atoms with van der Waals surface area (Å²) in [6, 6.07) is 13.6. The van der Waals surface area contributed by atoms with Crippen molar-refractivity contribution in [3.05, 3.63) is 89.0 Å². The maximum absolute atomic E-state index is 13.6. The monoisotopic (exact) mass is 374 g/mol. The first-order valence-corrected chi connectivity index (χ1v) is 8.63. The maximum Gasteiger partial charge on any atom is 0.150 e. The van der Waals surface area contributed by atoms with Gasteiger partial charge in [0.15, 0.2) is 0 Å². The Morgan fingerprint density at radius 2 is 2.11 bits per heavy atom. The molecule has 2 aromatic carbocycles. The van der Waals surface area contributed by atoms with E-state index in [1.807, 2.05) is 12.1 Å². The molecular formula is C22H19FN4O. The Kier molecular flexibility index (Phi) is 6.01. The van der Waals surface area contributed by atoms with Gasteiger partial charge in [0.05, 0.1) is 12.2 Å². The molecule has 0 radical (unpaired) electrons. The minimum absolute atomic E-state index is 0.275. The number of nitrogens with one attached hydrogen (secondary N) is 1. The van der Waals surface area contributed by atoms with Crippen LogP contribution >= 0.6 is 0 Å². The predicted molar refractivity (Wildman–Crippen MR) is 110 cm³/mol. The molecule has 0 aliphatic heterocycles. The molecule has 0 unspecified atom stereocenters. The van der Waals surface area contributed by atoms with E-state index in [4.69, 9.17) is 0 Å². The number of anilines is 1. The van der Waals surface area contributed by atoms with Crippen molar-refractivity contribution in [2.24, 2.45) is 9.98 Å². The van der Waals surface area contributed by atoms with Crippen molar-refractivity contribution in [3.63, 3.8) is 0 Å². The summed E-state index contributed by atoms with van der Waals surface area (Å²) in [4.78, 5) is 23.9. The standard InChI is InChI=1S/C22H19FN4O/c1-15-10-18(6-8-20(15)23)27-22(26-13-17-4-3-9-25-12-17)19-7-5-16(14-28)11-21(19)24-2/h3-12,14H,2,13H2,1H3,(H,26,27). The molecule has 0 aliphatic rings. The minimum atomic E-state index is -0.275. The number of carbonyl (C=O) groups is 1. The molecular weight excluding hydrogens is 355 g/mol. The van der Waals surface area contributed by atoms with Gasteiger partial charge < -0.3 is 5.32 Å². The average Bonchev–Trinajstić information content (AvgIpc) is 2.74. The molecule has 28 heavy (non-hydrogen) atoms. The number of hydrogen-bond donors (Lipinski definition) is 1. The zero-order valence-electron chi connectivity index (χ0n) is 15.4. The largest absolute Gasteiger partial charge is 0.340 e. The fourth-order valence-corrected chi connectivity index (χ4v) is 2.67. The van der Waals surface area contributed by atoms with Crippen LogP contribution in [0.25, 0.3) is 0 Å². The van der Waals surface area contributed by atoms with Crippen LogP contribution in [0.15, 0.2) is 70.9 Å². The van der Waals surface area contributed by atoms with Crippen LogP contribution in [-0.4, -0.2) is 23.8 Å². The van der Waals surface area contributed by atoms with Crippen molar-refractivity contribution in [2.75, 3.05) is 5.32 Å². The Balaban J connectivity index is 2.02. The van der Waals surface area contributed by atoms with Gasteiger partial charge in [-0.25, -0.2) is 4.39 Å². The Morgan fingerprint density at radius 1 is 1.25 bits per heavy atom. The lowest BCUT2D eigenvalue weighted by Crippen LogP contribution is -2.15. The van der Waals surface area contributed by atoms with E-state index in [9.17, 15) is 9.18 Å². The van der Waals surface area contributed by atoms with E-state index in [1.54, 1.807) is 49.6 Å². The van der Waals surface area contributed by atoms with E-state index in [-0.39, 0.29) is 5.82 Å². The van der Waals surface area contributed by atoms with Crippen LogP contribution in [0.5, 0.6) is 0 Å². The van der Waals surface area contributed by atoms with Crippen LogP contribution in [0.4, 0.5) is 15.8 Å². The summed E-state index contributed by atoms with van der Waals surface area (Å²) < 4.78 is 13.6. The van der Waals surface area contributed by atoms with Gasteiger partial charge in [-0.3, -0.25) is 19.8 Å². The Morgan fingerprint density at radius 3 is 2.79 bits per heavy atom. The highest BCUT2D eigenvalue weighted by atomic mass is 19.1. The van der Waals surface area contributed by atoms with Crippen molar-refractivity contribution in [1.82, 2.24) is 4.98 Å². The van der Waals surface area contributed by atoms with Crippen LogP contribution in [0.2, 0.25) is 0 Å². The molecule has 0 fully saturated rings. The number of aryl methyl sites for hydroxylation is 1. The first kappa shape index (κ1) is 19.1. The van der Waals surface area contributed by atoms with Gasteiger partial charge >= 0.3 is 0 Å². The highest BCUT2D eigenvalue weighted by Gasteiger charge is 2.11. The third-order valence-corrected chi connectivity index (χ3v) is 4.15. The molecule has 140 valence electrons. The van der Waals surface area contributed by atoms with Gasteiger partial charge in [0, 0.05) is 29.2 Å². The van der Waals surface area contributed by atoms with E-state index < -0.39 is 0 Å². The smallest absolute Gasteiger partial charge is 0.150 e. The zero-order valence-corrected chi connectivity index (χ0v) is 15.4. The molecule has 3 aromatic rings. The zero-order chi connectivity index (χ0) is 19.9. The molecule has 0 bridgehead atoms. The molecule has 1 N–H and O–H groups in total. The number of amidine groups is 1.